The molecule has 8 nitrogen and oxygen atoms in total. The Morgan fingerprint density at radius 2 is 1.96 bits per heavy atom. The van der Waals surface area contributed by atoms with Gasteiger partial charge in [-0.05, 0) is 26.1 Å². The fraction of sp³-hybridized carbons (Fsp3) is 0.167. The Kier molecular flexibility index (Phi) is 6.02. The van der Waals surface area contributed by atoms with Gasteiger partial charge in [0.15, 0.2) is 5.84 Å². The van der Waals surface area contributed by atoms with E-state index in [4.69, 9.17) is 10.6 Å². The third kappa shape index (κ3) is 4.19. The van der Waals surface area contributed by atoms with Gasteiger partial charge in [-0.2, -0.15) is 0 Å². The first-order valence-electron chi connectivity index (χ1n) is 8.38. The summed E-state index contributed by atoms with van der Waals surface area (Å²) in [5.74, 6) is 0.0509. The summed E-state index contributed by atoms with van der Waals surface area (Å²) in [6, 6.07) is 12.5. The highest BCUT2D eigenvalue weighted by Crippen LogP contribution is 2.31. The van der Waals surface area contributed by atoms with Crippen LogP contribution < -0.4 is 10.5 Å². The van der Waals surface area contributed by atoms with Gasteiger partial charge in [0.05, 0.1) is 0 Å². The van der Waals surface area contributed by atoms with Gasteiger partial charge in [-0.1, -0.05) is 35.5 Å². The van der Waals surface area contributed by atoms with Crippen molar-refractivity contribution in [3.8, 4) is 22.0 Å². The first-order valence-corrected chi connectivity index (χ1v) is 10.7. The van der Waals surface area contributed by atoms with Gasteiger partial charge in [-0.25, -0.2) is 23.1 Å². The molecular weight excluding hydrogens is 398 g/mol. The van der Waals surface area contributed by atoms with Crippen LogP contribution in [0.4, 0.5) is 0 Å². The second-order valence-electron chi connectivity index (χ2n) is 5.55. The van der Waals surface area contributed by atoms with Crippen molar-refractivity contribution in [3.05, 3.63) is 53.5 Å². The predicted octanol–water partition coefficient (Wildman–Crippen LogP) is 2.44. The highest BCUT2D eigenvalue weighted by atomic mass is 32.2. The average molecular weight is 418 g/mol. The quantitative estimate of drug-likeness (QED) is 0.346. The number of benzene rings is 1. The Morgan fingerprint density at radius 1 is 1.21 bits per heavy atom. The Hall–Kier alpha value is -2.82. The SMILES string of the molecule is CCO/N=C(\N)c1ccc(S(=O)(=O)NC)c(-c2csc(-c3ccccc3)n2)n1. The van der Waals surface area contributed by atoms with Gasteiger partial charge in [0, 0.05) is 10.9 Å². The molecule has 1 aromatic carbocycles. The number of rotatable bonds is 7. The lowest BCUT2D eigenvalue weighted by Crippen LogP contribution is -2.22. The number of pyridine rings is 1. The summed E-state index contributed by atoms with van der Waals surface area (Å²) < 4.78 is 27.2. The van der Waals surface area contributed by atoms with Crippen molar-refractivity contribution in [1.82, 2.24) is 14.7 Å². The van der Waals surface area contributed by atoms with E-state index in [0.717, 1.165) is 10.6 Å². The molecule has 0 bridgehead atoms. The Bertz CT molecular complexity index is 1100. The second-order valence-corrected chi connectivity index (χ2v) is 8.26. The number of nitrogens with one attached hydrogen (secondary N) is 1. The van der Waals surface area contributed by atoms with Crippen molar-refractivity contribution in [3.63, 3.8) is 0 Å². The van der Waals surface area contributed by atoms with Crippen molar-refractivity contribution >= 4 is 27.2 Å². The molecule has 28 heavy (non-hydrogen) atoms. The van der Waals surface area contributed by atoms with E-state index >= 15 is 0 Å². The van der Waals surface area contributed by atoms with Gasteiger partial charge in [-0.3, -0.25) is 0 Å². The molecule has 3 aromatic rings. The molecule has 0 saturated carbocycles. The minimum atomic E-state index is -3.75. The summed E-state index contributed by atoms with van der Waals surface area (Å²) in [4.78, 5) is 13.9. The van der Waals surface area contributed by atoms with Crippen LogP contribution in [-0.4, -0.2) is 37.9 Å². The van der Waals surface area contributed by atoms with Crippen LogP contribution in [0.15, 0.2) is 57.9 Å². The highest BCUT2D eigenvalue weighted by molar-refractivity contribution is 7.89. The number of nitrogens with two attached hydrogens (primary N) is 1. The maximum Gasteiger partial charge on any atom is 0.242 e. The smallest absolute Gasteiger partial charge is 0.242 e. The molecule has 3 rings (SSSR count). The maximum absolute atomic E-state index is 12.5. The molecule has 146 valence electrons. The standard InChI is InChI=1S/C18H19N5O3S2/c1-3-26-23-17(19)13-9-10-15(28(24,25)20-2)16(21-13)14-11-27-18(22-14)12-7-5-4-6-8-12/h4-11,20H,3H2,1-2H3,(H2,19,23). The van der Waals surface area contributed by atoms with Gasteiger partial charge in [0.25, 0.3) is 0 Å². The molecule has 0 fully saturated rings. The number of hydrogen-bond acceptors (Lipinski definition) is 7. The molecule has 3 N–H and O–H groups in total. The average Bonchev–Trinajstić information content (AvgIpc) is 3.22. The minimum Gasteiger partial charge on any atom is -0.394 e. The molecule has 0 radical (unpaired) electrons. The van der Waals surface area contributed by atoms with E-state index in [2.05, 4.69) is 19.8 Å². The molecule has 0 spiro atoms. The van der Waals surface area contributed by atoms with Crippen LogP contribution in [0.3, 0.4) is 0 Å². The second kappa shape index (κ2) is 8.46. The van der Waals surface area contributed by atoms with Gasteiger partial charge < -0.3 is 10.6 Å². The number of thiazole rings is 1. The molecule has 0 aliphatic rings. The summed E-state index contributed by atoms with van der Waals surface area (Å²) >= 11 is 1.40. The zero-order valence-corrected chi connectivity index (χ0v) is 16.9. The molecule has 0 saturated heterocycles. The fourth-order valence-corrected chi connectivity index (χ4v) is 4.06. The molecule has 0 atom stereocenters. The molecular formula is C18H19N5O3S2. The molecule has 0 aliphatic heterocycles. The molecule has 2 heterocycles. The third-order valence-electron chi connectivity index (χ3n) is 3.74. The van der Waals surface area contributed by atoms with E-state index in [0.29, 0.717) is 18.0 Å². The third-order valence-corrected chi connectivity index (χ3v) is 6.08. The molecule has 2 aromatic heterocycles. The molecule has 0 amide bonds. The zero-order valence-electron chi connectivity index (χ0n) is 15.3. The Balaban J connectivity index is 2.13. The molecule has 0 unspecified atom stereocenters. The van der Waals surface area contributed by atoms with Crippen LogP contribution in [0, 0.1) is 0 Å². The van der Waals surface area contributed by atoms with E-state index in [9.17, 15) is 8.42 Å². The predicted molar refractivity (Wildman–Crippen MR) is 109 cm³/mol. The lowest BCUT2D eigenvalue weighted by molar-refractivity contribution is 0.158. The van der Waals surface area contributed by atoms with Crippen molar-refractivity contribution in [1.29, 1.82) is 0 Å². The van der Waals surface area contributed by atoms with Crippen LogP contribution in [0.25, 0.3) is 22.0 Å². The van der Waals surface area contributed by atoms with Crippen LogP contribution in [0.2, 0.25) is 0 Å². The monoisotopic (exact) mass is 417 g/mol. The van der Waals surface area contributed by atoms with E-state index in [-0.39, 0.29) is 16.4 Å². The Labute approximate surface area is 167 Å². The first-order chi connectivity index (χ1) is 13.5. The van der Waals surface area contributed by atoms with E-state index in [1.54, 1.807) is 12.3 Å². The number of aromatic nitrogens is 2. The number of oxime groups is 1. The number of hydrogen-bond donors (Lipinski definition) is 2. The highest BCUT2D eigenvalue weighted by Gasteiger charge is 2.22. The fourth-order valence-electron chi connectivity index (χ4n) is 2.38. The summed E-state index contributed by atoms with van der Waals surface area (Å²) in [6.45, 7) is 2.13. The van der Waals surface area contributed by atoms with E-state index < -0.39 is 10.0 Å². The van der Waals surface area contributed by atoms with Gasteiger partial charge >= 0.3 is 0 Å². The summed E-state index contributed by atoms with van der Waals surface area (Å²) in [5, 5.41) is 6.28. The normalized spacial score (nSPS) is 12.1. The van der Waals surface area contributed by atoms with Crippen molar-refractivity contribution in [2.45, 2.75) is 11.8 Å². The van der Waals surface area contributed by atoms with Gasteiger partial charge in [0.2, 0.25) is 10.0 Å². The van der Waals surface area contributed by atoms with Crippen molar-refractivity contribution < 1.29 is 13.3 Å². The van der Waals surface area contributed by atoms with Crippen LogP contribution in [0.1, 0.15) is 12.6 Å². The van der Waals surface area contributed by atoms with Gasteiger partial charge in [-0.15, -0.1) is 11.3 Å². The zero-order chi connectivity index (χ0) is 20.1. The topological polar surface area (TPSA) is 120 Å². The molecule has 0 aliphatic carbocycles. The van der Waals surface area contributed by atoms with Crippen LogP contribution in [0.5, 0.6) is 0 Å². The van der Waals surface area contributed by atoms with Crippen LogP contribution >= 0.6 is 11.3 Å². The first kappa shape index (κ1) is 19.9. The maximum atomic E-state index is 12.5. The van der Waals surface area contributed by atoms with Crippen LogP contribution in [-0.2, 0) is 14.9 Å². The largest absolute Gasteiger partial charge is 0.394 e. The summed E-state index contributed by atoms with van der Waals surface area (Å²) in [5.41, 5.74) is 7.76. The lowest BCUT2D eigenvalue weighted by Gasteiger charge is -2.09. The summed E-state index contributed by atoms with van der Waals surface area (Å²) in [7, 11) is -2.41. The van der Waals surface area contributed by atoms with Crippen molar-refractivity contribution in [2.75, 3.05) is 13.7 Å². The Morgan fingerprint density at radius 3 is 2.64 bits per heavy atom. The van der Waals surface area contributed by atoms with Crippen molar-refractivity contribution in [2.24, 2.45) is 10.9 Å². The molecule has 10 heteroatoms. The number of amidine groups is 1. The number of nitrogens with zero attached hydrogens (tertiary/aromatic N) is 3. The van der Waals surface area contributed by atoms with E-state index in [1.807, 2.05) is 30.3 Å². The minimum absolute atomic E-state index is 0.00729. The lowest BCUT2D eigenvalue weighted by atomic mass is 10.2. The van der Waals surface area contributed by atoms with Gasteiger partial charge in [0.1, 0.15) is 33.6 Å². The summed E-state index contributed by atoms with van der Waals surface area (Å²) in [6.07, 6.45) is 0. The number of sulfonamides is 1. The van der Waals surface area contributed by atoms with E-state index in [1.165, 1.54) is 30.5 Å².